The van der Waals surface area contributed by atoms with E-state index >= 15 is 0 Å². The van der Waals surface area contributed by atoms with Crippen molar-refractivity contribution < 1.29 is 18.0 Å². The van der Waals surface area contributed by atoms with Crippen LogP contribution >= 0.6 is 11.3 Å². The Labute approximate surface area is 197 Å². The van der Waals surface area contributed by atoms with Crippen molar-refractivity contribution in [1.82, 2.24) is 39.7 Å². The fourth-order valence-corrected chi connectivity index (χ4v) is 6.96. The maximum absolute atomic E-state index is 12.9. The second kappa shape index (κ2) is 6.90. The first-order valence-corrected chi connectivity index (χ1v) is 12.6. The Morgan fingerprint density at radius 2 is 1.71 bits per heavy atom. The first-order valence-electron chi connectivity index (χ1n) is 11.8. The van der Waals surface area contributed by atoms with Crippen molar-refractivity contribution >= 4 is 17.4 Å². The molecule has 0 atom stereocenters. The van der Waals surface area contributed by atoms with Crippen molar-refractivity contribution in [3.05, 3.63) is 22.2 Å². The SMILES string of the molecule is O=C(N1CC2(CC(n3cnc(C4CC4)n3)C2)C1)N1CC2(CN(Cc3nnc(C(F)(F)F)s3)C2)C1. The highest BCUT2D eigenvalue weighted by Crippen LogP contribution is 2.54. The van der Waals surface area contributed by atoms with E-state index in [0.29, 0.717) is 34.8 Å². The largest absolute Gasteiger partial charge is 0.445 e. The summed E-state index contributed by atoms with van der Waals surface area (Å²) in [6.45, 7) is 5.03. The van der Waals surface area contributed by atoms with Gasteiger partial charge in [0.05, 0.1) is 12.6 Å². The van der Waals surface area contributed by atoms with E-state index < -0.39 is 11.2 Å². The highest BCUT2D eigenvalue weighted by atomic mass is 32.1. The van der Waals surface area contributed by atoms with Crippen LogP contribution in [0.4, 0.5) is 18.0 Å². The van der Waals surface area contributed by atoms with Gasteiger partial charge in [0, 0.05) is 56.0 Å². The van der Waals surface area contributed by atoms with Crippen molar-refractivity contribution in [2.24, 2.45) is 10.8 Å². The number of carbonyl (C=O) groups is 1. The summed E-state index contributed by atoms with van der Waals surface area (Å²) in [6.07, 6.45) is 1.96. The molecule has 5 aliphatic rings. The van der Waals surface area contributed by atoms with Crippen LogP contribution in [0.3, 0.4) is 0 Å². The van der Waals surface area contributed by atoms with Gasteiger partial charge in [-0.25, -0.2) is 14.5 Å². The minimum atomic E-state index is -4.44. The molecule has 0 bridgehead atoms. The maximum Gasteiger partial charge on any atom is 0.445 e. The number of nitrogens with zero attached hydrogens (tertiary/aromatic N) is 8. The van der Waals surface area contributed by atoms with Crippen LogP contribution in [-0.4, -0.2) is 85.0 Å². The molecule has 34 heavy (non-hydrogen) atoms. The van der Waals surface area contributed by atoms with Crippen LogP contribution in [0.15, 0.2) is 6.33 Å². The van der Waals surface area contributed by atoms with Crippen LogP contribution in [0.25, 0.3) is 0 Å². The average molecular weight is 495 g/mol. The predicted molar refractivity (Wildman–Crippen MR) is 114 cm³/mol. The predicted octanol–water partition coefficient (Wildman–Crippen LogP) is 2.60. The monoisotopic (exact) mass is 494 g/mol. The Hall–Kier alpha value is -2.28. The van der Waals surface area contributed by atoms with E-state index in [1.165, 1.54) is 12.8 Å². The first kappa shape index (κ1) is 21.0. The molecule has 0 aromatic carbocycles. The molecule has 2 aromatic rings. The molecule has 2 amide bonds. The number of alkyl halides is 3. The minimum absolute atomic E-state index is 0.0870. The zero-order valence-corrected chi connectivity index (χ0v) is 19.4. The van der Waals surface area contributed by atoms with Crippen molar-refractivity contribution in [2.75, 3.05) is 39.3 Å². The van der Waals surface area contributed by atoms with Gasteiger partial charge in [-0.1, -0.05) is 11.3 Å². The van der Waals surface area contributed by atoms with Crippen molar-refractivity contribution in [3.63, 3.8) is 0 Å². The fraction of sp³-hybridized carbons (Fsp3) is 0.762. The fourth-order valence-electron chi connectivity index (χ4n) is 6.21. The van der Waals surface area contributed by atoms with Gasteiger partial charge in [0.25, 0.3) is 0 Å². The van der Waals surface area contributed by atoms with Crippen molar-refractivity contribution in [2.45, 2.75) is 50.4 Å². The zero-order chi connectivity index (χ0) is 23.3. The Bertz CT molecular complexity index is 1120. The minimum Gasteiger partial charge on any atom is -0.323 e. The average Bonchev–Trinajstić information content (AvgIpc) is 3.19. The quantitative estimate of drug-likeness (QED) is 0.650. The third kappa shape index (κ3) is 3.42. The maximum atomic E-state index is 12.9. The van der Waals surface area contributed by atoms with E-state index in [9.17, 15) is 18.0 Å². The molecular weight excluding hydrogens is 469 g/mol. The van der Waals surface area contributed by atoms with E-state index in [4.69, 9.17) is 0 Å². The molecule has 13 heteroatoms. The van der Waals surface area contributed by atoms with Gasteiger partial charge < -0.3 is 9.80 Å². The summed E-state index contributed by atoms with van der Waals surface area (Å²) in [4.78, 5) is 23.2. The number of aromatic nitrogens is 5. The van der Waals surface area contributed by atoms with Crippen LogP contribution in [0, 0.1) is 10.8 Å². The number of rotatable bonds is 4. The van der Waals surface area contributed by atoms with Crippen LogP contribution in [0.5, 0.6) is 0 Å². The van der Waals surface area contributed by atoms with Crippen molar-refractivity contribution in [1.29, 1.82) is 0 Å². The van der Waals surface area contributed by atoms with E-state index in [-0.39, 0.29) is 16.9 Å². The lowest BCUT2D eigenvalue weighted by Gasteiger charge is -2.63. The van der Waals surface area contributed by atoms with Gasteiger partial charge in [-0.15, -0.1) is 10.2 Å². The van der Waals surface area contributed by atoms with Gasteiger partial charge in [-0.2, -0.15) is 18.3 Å². The van der Waals surface area contributed by atoms with Gasteiger partial charge in [0.1, 0.15) is 11.3 Å². The van der Waals surface area contributed by atoms with E-state index in [0.717, 1.165) is 57.9 Å². The zero-order valence-electron chi connectivity index (χ0n) is 18.5. The molecule has 0 unspecified atom stereocenters. The summed E-state index contributed by atoms with van der Waals surface area (Å²) in [5, 5.41) is 11.1. The summed E-state index contributed by atoms with van der Waals surface area (Å²) in [6, 6.07) is 0.527. The second-order valence-corrected chi connectivity index (χ2v) is 12.1. The summed E-state index contributed by atoms with van der Waals surface area (Å²) < 4.78 is 40.1. The van der Waals surface area contributed by atoms with Crippen LogP contribution < -0.4 is 0 Å². The Balaban J connectivity index is 0.844. The van der Waals surface area contributed by atoms with Gasteiger partial charge in [0.2, 0.25) is 5.01 Å². The van der Waals surface area contributed by atoms with E-state index in [2.05, 4.69) is 25.2 Å². The summed E-state index contributed by atoms with van der Waals surface area (Å²) in [5.74, 6) is 1.56. The highest BCUT2D eigenvalue weighted by Gasteiger charge is 2.58. The summed E-state index contributed by atoms with van der Waals surface area (Å²) in [5.41, 5.74) is 0.336. The van der Waals surface area contributed by atoms with Crippen molar-refractivity contribution in [3.8, 4) is 0 Å². The lowest BCUT2D eigenvalue weighted by molar-refractivity contribution is -0.138. The van der Waals surface area contributed by atoms with E-state index in [1.54, 1.807) is 0 Å². The molecule has 5 heterocycles. The smallest absolute Gasteiger partial charge is 0.323 e. The summed E-state index contributed by atoms with van der Waals surface area (Å²) in [7, 11) is 0. The van der Waals surface area contributed by atoms with Crippen LogP contribution in [-0.2, 0) is 12.7 Å². The highest BCUT2D eigenvalue weighted by molar-refractivity contribution is 7.11. The topological polar surface area (TPSA) is 83.3 Å². The van der Waals surface area contributed by atoms with Gasteiger partial charge in [0.15, 0.2) is 5.82 Å². The number of carbonyl (C=O) groups excluding carboxylic acids is 1. The lowest BCUT2D eigenvalue weighted by Crippen LogP contribution is -2.75. The number of halogens is 3. The molecule has 2 aliphatic carbocycles. The number of hydrogen-bond donors (Lipinski definition) is 0. The second-order valence-electron chi connectivity index (χ2n) is 11.1. The number of amides is 2. The Morgan fingerprint density at radius 1 is 1.03 bits per heavy atom. The Morgan fingerprint density at radius 3 is 2.32 bits per heavy atom. The molecule has 182 valence electrons. The first-order chi connectivity index (χ1) is 16.2. The lowest BCUT2D eigenvalue weighted by atomic mass is 9.60. The normalized spacial score (nSPS) is 25.7. The van der Waals surface area contributed by atoms with E-state index in [1.807, 2.05) is 20.8 Å². The standard InChI is InChI=1S/C21H25F3N8OS/c22-21(23,24)17-27-26-15(34-17)5-29-6-20(7-29)10-31(11-20)18(33)30-8-19(9-30)3-14(4-19)32-12-25-16(28-32)13-1-2-13/h12-14H,1-11H2. The van der Waals surface area contributed by atoms with Gasteiger partial charge in [-0.3, -0.25) is 4.90 Å². The molecule has 2 spiro atoms. The molecule has 3 aliphatic heterocycles. The number of likely N-dealkylation sites (tertiary alicyclic amines) is 3. The molecule has 7 rings (SSSR count). The molecule has 0 radical (unpaired) electrons. The molecule has 2 saturated carbocycles. The Kier molecular flexibility index (Phi) is 4.27. The molecule has 2 aromatic heterocycles. The molecule has 5 fully saturated rings. The number of hydrogen-bond acceptors (Lipinski definition) is 7. The molecule has 9 nitrogen and oxygen atoms in total. The third-order valence-electron chi connectivity index (χ3n) is 8.01. The van der Waals surface area contributed by atoms with Crippen LogP contribution in [0.1, 0.15) is 53.5 Å². The van der Waals surface area contributed by atoms with Crippen LogP contribution in [0.2, 0.25) is 0 Å². The van der Waals surface area contributed by atoms with Gasteiger partial charge in [-0.05, 0) is 25.7 Å². The third-order valence-corrected chi connectivity index (χ3v) is 8.97. The summed E-state index contributed by atoms with van der Waals surface area (Å²) >= 11 is 0.605. The van der Waals surface area contributed by atoms with Gasteiger partial charge >= 0.3 is 12.2 Å². The molecular formula is C21H25F3N8OS. The molecule has 0 N–H and O–H groups in total. The number of urea groups is 1. The molecule has 3 saturated heterocycles.